The maximum absolute atomic E-state index is 12.9. The summed E-state index contributed by atoms with van der Waals surface area (Å²) in [5, 5.41) is 13.4. The third kappa shape index (κ3) is 7.34. The molecule has 1 aromatic carbocycles. The van der Waals surface area contributed by atoms with Crippen molar-refractivity contribution < 1.29 is 29.1 Å². The van der Waals surface area contributed by atoms with Crippen LogP contribution >= 0.6 is 0 Å². The van der Waals surface area contributed by atoms with E-state index < -0.39 is 48.4 Å². The predicted molar refractivity (Wildman–Crippen MR) is 114 cm³/mol. The number of aliphatic carboxylic acids is 1. The number of amides is 4. The molecule has 11 nitrogen and oxygen atoms in total. The predicted octanol–water partition coefficient (Wildman–Crippen LogP) is -1.50. The van der Waals surface area contributed by atoms with Crippen LogP contribution in [0.2, 0.25) is 0 Å². The van der Waals surface area contributed by atoms with Crippen LogP contribution in [0, 0.1) is 0 Å². The van der Waals surface area contributed by atoms with Gasteiger partial charge in [-0.1, -0.05) is 30.3 Å². The van der Waals surface area contributed by atoms with Crippen LogP contribution in [0.5, 0.6) is 0 Å². The van der Waals surface area contributed by atoms with Crippen molar-refractivity contribution in [1.82, 2.24) is 15.5 Å². The van der Waals surface area contributed by atoms with E-state index in [1.807, 2.05) is 30.3 Å². The lowest BCUT2D eigenvalue weighted by atomic mass is 10.0. The van der Waals surface area contributed by atoms with E-state index in [0.717, 1.165) is 5.56 Å². The number of benzene rings is 1. The molecular formula is C21H29N5O6. The smallest absolute Gasteiger partial charge is 0.322 e. The number of carbonyl (C=O) groups is 5. The van der Waals surface area contributed by atoms with Crippen LogP contribution in [0.4, 0.5) is 0 Å². The Morgan fingerprint density at radius 1 is 1.16 bits per heavy atom. The average molecular weight is 447 g/mol. The second-order valence-corrected chi connectivity index (χ2v) is 7.66. The Kier molecular flexibility index (Phi) is 9.14. The number of hydrogen-bond donors (Lipinski definition) is 5. The molecule has 1 fully saturated rings. The van der Waals surface area contributed by atoms with Crippen molar-refractivity contribution in [3.05, 3.63) is 35.9 Å². The van der Waals surface area contributed by atoms with E-state index in [-0.39, 0.29) is 18.7 Å². The van der Waals surface area contributed by atoms with Gasteiger partial charge in [-0.05, 0) is 31.2 Å². The molecule has 1 aromatic rings. The molecule has 2 rings (SSSR count). The Morgan fingerprint density at radius 2 is 1.84 bits per heavy atom. The number of hydrogen-bond acceptors (Lipinski definition) is 6. The highest BCUT2D eigenvalue weighted by molar-refractivity contribution is 5.94. The molecule has 1 saturated heterocycles. The van der Waals surface area contributed by atoms with Crippen molar-refractivity contribution in [3.63, 3.8) is 0 Å². The zero-order valence-electron chi connectivity index (χ0n) is 17.7. The molecule has 0 saturated carbocycles. The van der Waals surface area contributed by atoms with E-state index in [0.29, 0.717) is 25.8 Å². The van der Waals surface area contributed by atoms with E-state index in [1.54, 1.807) is 0 Å². The molecule has 174 valence electrons. The summed E-state index contributed by atoms with van der Waals surface area (Å²) in [6.45, 7) is -0.277. The molecule has 32 heavy (non-hydrogen) atoms. The van der Waals surface area contributed by atoms with Crippen molar-refractivity contribution in [1.29, 1.82) is 0 Å². The lowest BCUT2D eigenvalue weighted by Gasteiger charge is -2.28. The van der Waals surface area contributed by atoms with Gasteiger partial charge in [0.1, 0.15) is 18.6 Å². The molecule has 1 aliphatic heterocycles. The summed E-state index contributed by atoms with van der Waals surface area (Å²) in [6, 6.07) is 6.48. The Hall–Kier alpha value is -3.47. The fourth-order valence-electron chi connectivity index (χ4n) is 3.58. The molecule has 0 spiro atoms. The lowest BCUT2D eigenvalue weighted by molar-refractivity contribution is -0.141. The number of nitrogens with zero attached hydrogens (tertiary/aromatic N) is 1. The number of nitrogens with two attached hydrogens (primary N) is 2. The van der Waals surface area contributed by atoms with Crippen molar-refractivity contribution in [3.8, 4) is 0 Å². The standard InChI is InChI=1S/C21H29N5O6/c22-14(11-13-5-2-1-3-6-13)21(32)26-10-4-7-16(26)20(31)25-15(8-9-17(23)27)19(30)24-12-18(28)29/h1-3,5-6,14-16H,4,7-12,22H2,(H2,23,27)(H,24,30)(H,25,31)(H,28,29). The molecule has 4 amide bonds. The summed E-state index contributed by atoms with van der Waals surface area (Å²) in [6.07, 6.45) is 1.04. The number of likely N-dealkylation sites (tertiary alicyclic amines) is 1. The second kappa shape index (κ2) is 11.8. The number of rotatable bonds is 11. The van der Waals surface area contributed by atoms with E-state index >= 15 is 0 Å². The molecule has 0 radical (unpaired) electrons. The molecule has 1 aliphatic rings. The second-order valence-electron chi connectivity index (χ2n) is 7.66. The van der Waals surface area contributed by atoms with Crippen LogP contribution in [-0.4, -0.2) is 70.8 Å². The zero-order chi connectivity index (χ0) is 23.7. The highest BCUT2D eigenvalue weighted by Crippen LogP contribution is 2.19. The minimum atomic E-state index is -1.25. The first kappa shape index (κ1) is 24.8. The number of carboxylic acid groups (broad SMARTS) is 1. The maximum Gasteiger partial charge on any atom is 0.322 e. The van der Waals surface area contributed by atoms with E-state index in [1.165, 1.54) is 4.90 Å². The van der Waals surface area contributed by atoms with Gasteiger partial charge in [0.25, 0.3) is 0 Å². The van der Waals surface area contributed by atoms with Gasteiger partial charge >= 0.3 is 5.97 Å². The van der Waals surface area contributed by atoms with Crippen molar-refractivity contribution in [2.75, 3.05) is 13.1 Å². The van der Waals surface area contributed by atoms with Gasteiger partial charge in [-0.2, -0.15) is 0 Å². The van der Waals surface area contributed by atoms with Crippen LogP contribution in [-0.2, 0) is 30.4 Å². The third-order valence-electron chi connectivity index (χ3n) is 5.18. The number of carboxylic acids is 1. The average Bonchev–Trinajstić information content (AvgIpc) is 3.24. The Balaban J connectivity index is 2.03. The maximum atomic E-state index is 12.9. The number of primary amides is 1. The van der Waals surface area contributed by atoms with Crippen LogP contribution in [0.15, 0.2) is 30.3 Å². The molecule has 0 aliphatic carbocycles. The summed E-state index contributed by atoms with van der Waals surface area (Å²) < 4.78 is 0. The minimum absolute atomic E-state index is 0.0965. The quantitative estimate of drug-likeness (QED) is 0.273. The van der Waals surface area contributed by atoms with Gasteiger partial charge in [-0.15, -0.1) is 0 Å². The first-order valence-corrected chi connectivity index (χ1v) is 10.4. The molecular weight excluding hydrogens is 418 g/mol. The fraction of sp³-hybridized carbons (Fsp3) is 0.476. The Bertz CT molecular complexity index is 846. The molecule has 1 heterocycles. The Morgan fingerprint density at radius 3 is 2.47 bits per heavy atom. The highest BCUT2D eigenvalue weighted by Gasteiger charge is 2.37. The van der Waals surface area contributed by atoms with Gasteiger partial charge in [0.05, 0.1) is 6.04 Å². The summed E-state index contributed by atoms with van der Waals surface area (Å²) in [4.78, 5) is 61.3. The van der Waals surface area contributed by atoms with Crippen molar-refractivity contribution in [2.45, 2.75) is 50.2 Å². The molecule has 3 unspecified atom stereocenters. The number of carbonyl (C=O) groups excluding carboxylic acids is 4. The van der Waals surface area contributed by atoms with Crippen LogP contribution in [0.1, 0.15) is 31.2 Å². The van der Waals surface area contributed by atoms with E-state index in [2.05, 4.69) is 10.6 Å². The van der Waals surface area contributed by atoms with Crippen LogP contribution in [0.25, 0.3) is 0 Å². The molecule has 7 N–H and O–H groups in total. The van der Waals surface area contributed by atoms with Gasteiger partial charge in [0, 0.05) is 13.0 Å². The van der Waals surface area contributed by atoms with Gasteiger partial charge in [-0.25, -0.2) is 0 Å². The zero-order valence-corrected chi connectivity index (χ0v) is 17.7. The summed E-state index contributed by atoms with van der Waals surface area (Å²) in [5.41, 5.74) is 12.1. The SMILES string of the molecule is NC(=O)CCC(NC(=O)C1CCCN1C(=O)C(N)Cc1ccccc1)C(=O)NCC(=O)O. The van der Waals surface area contributed by atoms with E-state index in [9.17, 15) is 24.0 Å². The lowest BCUT2D eigenvalue weighted by Crippen LogP contribution is -2.55. The molecule has 0 bridgehead atoms. The summed E-state index contributed by atoms with van der Waals surface area (Å²) >= 11 is 0. The largest absolute Gasteiger partial charge is 0.480 e. The number of nitrogens with one attached hydrogen (secondary N) is 2. The fourth-order valence-corrected chi connectivity index (χ4v) is 3.58. The van der Waals surface area contributed by atoms with Gasteiger partial charge in [0.15, 0.2) is 0 Å². The van der Waals surface area contributed by atoms with Gasteiger partial charge < -0.3 is 32.1 Å². The van der Waals surface area contributed by atoms with E-state index in [4.69, 9.17) is 16.6 Å². The van der Waals surface area contributed by atoms with Crippen LogP contribution < -0.4 is 22.1 Å². The topological polar surface area (TPSA) is 185 Å². The molecule has 0 aromatic heterocycles. The summed E-state index contributed by atoms with van der Waals surface area (Å²) in [5.74, 6) is -3.60. The van der Waals surface area contributed by atoms with Gasteiger partial charge in [-0.3, -0.25) is 24.0 Å². The highest BCUT2D eigenvalue weighted by atomic mass is 16.4. The third-order valence-corrected chi connectivity index (χ3v) is 5.18. The van der Waals surface area contributed by atoms with Gasteiger partial charge in [0.2, 0.25) is 23.6 Å². The molecule has 11 heteroatoms. The van der Waals surface area contributed by atoms with Crippen molar-refractivity contribution >= 4 is 29.6 Å². The molecule has 3 atom stereocenters. The first-order valence-electron chi connectivity index (χ1n) is 10.4. The van der Waals surface area contributed by atoms with Crippen LogP contribution in [0.3, 0.4) is 0 Å². The monoisotopic (exact) mass is 447 g/mol. The normalized spacial score (nSPS) is 17.3. The minimum Gasteiger partial charge on any atom is -0.480 e. The van der Waals surface area contributed by atoms with Crippen molar-refractivity contribution in [2.24, 2.45) is 11.5 Å². The Labute approximate surface area is 185 Å². The summed E-state index contributed by atoms with van der Waals surface area (Å²) in [7, 11) is 0. The first-order chi connectivity index (χ1) is 15.2.